The van der Waals surface area contributed by atoms with Gasteiger partial charge in [0.1, 0.15) is 5.76 Å². The average Bonchev–Trinajstić information content (AvgIpc) is 2.73. The van der Waals surface area contributed by atoms with Crippen molar-refractivity contribution >= 4 is 29.9 Å². The summed E-state index contributed by atoms with van der Waals surface area (Å²) >= 11 is 0. The average molecular weight is 336 g/mol. The molecule has 90 valence electrons. The van der Waals surface area contributed by atoms with E-state index in [0.717, 1.165) is 42.6 Å². The molecule has 0 saturated carbocycles. The molecule has 0 unspecified atom stereocenters. The number of halogens is 1. The minimum Gasteiger partial charge on any atom is -0.361 e. The summed E-state index contributed by atoms with van der Waals surface area (Å²) in [5, 5.41) is 7.20. The van der Waals surface area contributed by atoms with Gasteiger partial charge in [-0.1, -0.05) is 5.16 Å². The topological polar surface area (TPSA) is 53.7 Å². The molecule has 0 atom stereocenters. The van der Waals surface area contributed by atoms with Crippen LogP contribution >= 0.6 is 24.0 Å². The Morgan fingerprint density at radius 1 is 1.44 bits per heavy atom. The first-order valence-corrected chi connectivity index (χ1v) is 5.09. The SMILES string of the molecule is Cc1noc(C)c1CNC1=NCCN1C.I. The minimum absolute atomic E-state index is 0. The van der Waals surface area contributed by atoms with Crippen LogP contribution in [0.1, 0.15) is 17.0 Å². The standard InChI is InChI=1S/C10H16N4O.HI/c1-7-9(8(2)15-13-7)6-12-10-11-4-5-14(10)3;/h4-6H2,1-3H3,(H,11,12);1H. The number of aryl methyl sites for hydroxylation is 2. The molecule has 2 rings (SSSR count). The maximum absolute atomic E-state index is 5.09. The van der Waals surface area contributed by atoms with Crippen molar-refractivity contribution in [3.63, 3.8) is 0 Å². The van der Waals surface area contributed by atoms with Gasteiger partial charge in [-0.2, -0.15) is 0 Å². The molecule has 1 N–H and O–H groups in total. The van der Waals surface area contributed by atoms with E-state index >= 15 is 0 Å². The van der Waals surface area contributed by atoms with Crippen LogP contribution in [0.5, 0.6) is 0 Å². The Balaban J connectivity index is 0.00000128. The Morgan fingerprint density at radius 3 is 2.69 bits per heavy atom. The van der Waals surface area contributed by atoms with Crippen molar-refractivity contribution in [2.24, 2.45) is 4.99 Å². The Morgan fingerprint density at radius 2 is 2.19 bits per heavy atom. The zero-order valence-electron chi connectivity index (χ0n) is 9.78. The summed E-state index contributed by atoms with van der Waals surface area (Å²) in [7, 11) is 2.03. The summed E-state index contributed by atoms with van der Waals surface area (Å²) in [6, 6.07) is 0. The van der Waals surface area contributed by atoms with Gasteiger partial charge in [0.25, 0.3) is 0 Å². The maximum Gasteiger partial charge on any atom is 0.194 e. The second-order valence-electron chi connectivity index (χ2n) is 3.78. The molecule has 16 heavy (non-hydrogen) atoms. The van der Waals surface area contributed by atoms with Crippen LogP contribution in [-0.4, -0.2) is 36.2 Å². The fraction of sp³-hybridized carbons (Fsp3) is 0.600. The number of nitrogens with one attached hydrogen (secondary N) is 1. The van der Waals surface area contributed by atoms with E-state index in [1.165, 1.54) is 0 Å². The van der Waals surface area contributed by atoms with E-state index in [1.807, 2.05) is 20.9 Å². The molecule has 1 aliphatic heterocycles. The second-order valence-corrected chi connectivity index (χ2v) is 3.78. The quantitative estimate of drug-likeness (QED) is 0.828. The van der Waals surface area contributed by atoms with Gasteiger partial charge < -0.3 is 14.7 Å². The predicted molar refractivity (Wildman–Crippen MR) is 73.2 cm³/mol. The lowest BCUT2D eigenvalue weighted by molar-refractivity contribution is 0.392. The molecule has 1 aromatic rings. The normalized spacial score (nSPS) is 14.7. The van der Waals surface area contributed by atoms with E-state index in [1.54, 1.807) is 0 Å². The lowest BCUT2D eigenvalue weighted by Gasteiger charge is -2.14. The number of guanidine groups is 1. The highest BCUT2D eigenvalue weighted by Gasteiger charge is 2.14. The minimum atomic E-state index is 0. The molecule has 0 aliphatic carbocycles. The number of nitrogens with zero attached hydrogens (tertiary/aromatic N) is 3. The number of rotatable bonds is 2. The van der Waals surface area contributed by atoms with Crippen LogP contribution in [0.25, 0.3) is 0 Å². The third-order valence-corrected chi connectivity index (χ3v) is 2.66. The first-order chi connectivity index (χ1) is 7.18. The summed E-state index contributed by atoms with van der Waals surface area (Å²) < 4.78 is 5.09. The predicted octanol–water partition coefficient (Wildman–Crippen LogP) is 1.30. The third-order valence-electron chi connectivity index (χ3n) is 2.66. The van der Waals surface area contributed by atoms with Crippen molar-refractivity contribution in [1.29, 1.82) is 0 Å². The summed E-state index contributed by atoms with van der Waals surface area (Å²) in [5.74, 6) is 1.83. The molecular weight excluding hydrogens is 319 g/mol. The number of hydrogen-bond acceptors (Lipinski definition) is 5. The first kappa shape index (κ1) is 13.3. The molecule has 6 heteroatoms. The maximum atomic E-state index is 5.09. The number of aromatic nitrogens is 1. The van der Waals surface area contributed by atoms with Crippen molar-refractivity contribution in [3.05, 3.63) is 17.0 Å². The van der Waals surface area contributed by atoms with E-state index < -0.39 is 0 Å². The monoisotopic (exact) mass is 336 g/mol. The Labute approximate surface area is 112 Å². The smallest absolute Gasteiger partial charge is 0.194 e. The summed E-state index contributed by atoms with van der Waals surface area (Å²) in [6.07, 6.45) is 0. The van der Waals surface area contributed by atoms with E-state index in [9.17, 15) is 0 Å². The zero-order chi connectivity index (χ0) is 10.8. The number of aliphatic imine (C=N–C) groups is 1. The van der Waals surface area contributed by atoms with E-state index in [-0.39, 0.29) is 24.0 Å². The van der Waals surface area contributed by atoms with Crippen LogP contribution in [0.4, 0.5) is 0 Å². The van der Waals surface area contributed by atoms with Crippen LogP contribution in [-0.2, 0) is 6.54 Å². The van der Waals surface area contributed by atoms with Gasteiger partial charge >= 0.3 is 0 Å². The van der Waals surface area contributed by atoms with Gasteiger partial charge in [0.15, 0.2) is 5.96 Å². The van der Waals surface area contributed by atoms with Crippen LogP contribution in [0.2, 0.25) is 0 Å². The molecule has 0 aromatic carbocycles. The molecule has 1 aliphatic rings. The van der Waals surface area contributed by atoms with Gasteiger partial charge in [-0.15, -0.1) is 24.0 Å². The molecule has 0 fully saturated rings. The van der Waals surface area contributed by atoms with Crippen LogP contribution in [0.15, 0.2) is 9.52 Å². The van der Waals surface area contributed by atoms with Crippen molar-refractivity contribution in [3.8, 4) is 0 Å². The lowest BCUT2D eigenvalue weighted by Crippen LogP contribution is -2.35. The Kier molecular flexibility index (Phi) is 4.57. The van der Waals surface area contributed by atoms with E-state index in [0.29, 0.717) is 0 Å². The molecule has 0 radical (unpaired) electrons. The van der Waals surface area contributed by atoms with Crippen molar-refractivity contribution in [2.45, 2.75) is 20.4 Å². The van der Waals surface area contributed by atoms with E-state index in [4.69, 9.17) is 4.52 Å². The van der Waals surface area contributed by atoms with Gasteiger partial charge in [-0.05, 0) is 13.8 Å². The van der Waals surface area contributed by atoms with Gasteiger partial charge in [0, 0.05) is 25.7 Å². The lowest BCUT2D eigenvalue weighted by atomic mass is 10.2. The molecule has 0 saturated heterocycles. The highest BCUT2D eigenvalue weighted by atomic mass is 127. The van der Waals surface area contributed by atoms with Gasteiger partial charge in [-0.25, -0.2) is 0 Å². The molecule has 1 aromatic heterocycles. The molecular formula is C10H17IN4O. The summed E-state index contributed by atoms with van der Waals surface area (Å²) in [4.78, 5) is 6.47. The van der Waals surface area contributed by atoms with E-state index in [2.05, 4.69) is 20.4 Å². The molecule has 0 amide bonds. The third kappa shape index (κ3) is 2.66. The zero-order valence-corrected chi connectivity index (χ0v) is 12.1. The highest BCUT2D eigenvalue weighted by Crippen LogP contribution is 2.11. The van der Waals surface area contributed by atoms with Crippen molar-refractivity contribution in [1.82, 2.24) is 15.4 Å². The second kappa shape index (κ2) is 5.51. The number of likely N-dealkylation sites (N-methyl/N-ethyl adjacent to an activating group) is 1. The Hall–Kier alpha value is -0.790. The fourth-order valence-electron chi connectivity index (χ4n) is 1.65. The van der Waals surface area contributed by atoms with Crippen LogP contribution in [0, 0.1) is 13.8 Å². The first-order valence-electron chi connectivity index (χ1n) is 5.09. The molecule has 0 bridgehead atoms. The Bertz CT molecular complexity index is 369. The summed E-state index contributed by atoms with van der Waals surface area (Å²) in [6.45, 7) is 6.47. The number of hydrogen-bond donors (Lipinski definition) is 1. The molecule has 2 heterocycles. The molecule has 5 nitrogen and oxygen atoms in total. The fourth-order valence-corrected chi connectivity index (χ4v) is 1.65. The molecule has 0 spiro atoms. The summed E-state index contributed by atoms with van der Waals surface area (Å²) in [5.41, 5.74) is 2.07. The van der Waals surface area contributed by atoms with Gasteiger partial charge in [0.2, 0.25) is 0 Å². The van der Waals surface area contributed by atoms with Crippen molar-refractivity contribution in [2.75, 3.05) is 20.1 Å². The van der Waals surface area contributed by atoms with Crippen LogP contribution < -0.4 is 5.32 Å². The van der Waals surface area contributed by atoms with Crippen molar-refractivity contribution < 1.29 is 4.52 Å². The van der Waals surface area contributed by atoms with Gasteiger partial charge in [-0.3, -0.25) is 4.99 Å². The largest absolute Gasteiger partial charge is 0.361 e. The van der Waals surface area contributed by atoms with Gasteiger partial charge in [0.05, 0.1) is 12.2 Å². The highest BCUT2D eigenvalue weighted by molar-refractivity contribution is 14.0. The van der Waals surface area contributed by atoms with Crippen LogP contribution in [0.3, 0.4) is 0 Å².